The maximum Gasteiger partial charge on any atom is 0.427 e. The van der Waals surface area contributed by atoms with Gasteiger partial charge in [-0.25, -0.2) is 0 Å². The van der Waals surface area contributed by atoms with Gasteiger partial charge in [0.05, 0.1) is 0 Å². The van der Waals surface area contributed by atoms with Gasteiger partial charge in [0.1, 0.15) is 0 Å². The molecule has 1 atom stereocenters. The zero-order valence-corrected chi connectivity index (χ0v) is 8.38. The first kappa shape index (κ1) is 11.2. The molecule has 0 fully saturated rings. The average molecular weight is 208 g/mol. The number of hydrogen-bond acceptors (Lipinski definition) is 2. The van der Waals surface area contributed by atoms with E-state index in [1.807, 2.05) is 6.92 Å². The van der Waals surface area contributed by atoms with E-state index >= 15 is 0 Å². The Bertz CT molecular complexity index is 213. The fourth-order valence-corrected chi connectivity index (χ4v) is 1.54. The van der Waals surface area contributed by atoms with Gasteiger partial charge in [-0.1, -0.05) is 13.3 Å². The van der Waals surface area contributed by atoms with E-state index in [9.17, 15) is 13.2 Å². The molecule has 2 nitrogen and oxygen atoms in total. The summed E-state index contributed by atoms with van der Waals surface area (Å²) in [5.41, 5.74) is 0. The van der Waals surface area contributed by atoms with Crippen LogP contribution in [0, 0.1) is 0 Å². The second-order valence-corrected chi connectivity index (χ2v) is 3.47. The van der Waals surface area contributed by atoms with Crippen LogP contribution in [0.5, 0.6) is 0 Å². The lowest BCUT2D eigenvalue weighted by Gasteiger charge is -2.31. The zero-order valence-electron chi connectivity index (χ0n) is 8.38. The van der Waals surface area contributed by atoms with Gasteiger partial charge in [-0.2, -0.15) is 13.2 Å². The highest BCUT2D eigenvalue weighted by Crippen LogP contribution is 2.30. The van der Waals surface area contributed by atoms with Gasteiger partial charge in [0, 0.05) is 26.0 Å². The Morgan fingerprint density at radius 1 is 1.29 bits per heavy atom. The van der Waals surface area contributed by atoms with Crippen LogP contribution in [0.15, 0.2) is 12.4 Å². The third-order valence-corrected chi connectivity index (χ3v) is 2.26. The summed E-state index contributed by atoms with van der Waals surface area (Å²) < 4.78 is 37.7. The summed E-state index contributed by atoms with van der Waals surface area (Å²) in [6, 6.07) is 0. The predicted molar refractivity (Wildman–Crippen MR) is 48.4 cm³/mol. The molecule has 1 rings (SSSR count). The van der Waals surface area contributed by atoms with Gasteiger partial charge in [0.2, 0.25) is 0 Å². The molecule has 1 aliphatic heterocycles. The minimum absolute atomic E-state index is 0.460. The van der Waals surface area contributed by atoms with Gasteiger partial charge in [0.15, 0.2) is 6.17 Å². The summed E-state index contributed by atoms with van der Waals surface area (Å²) in [5, 5.41) is 0. The predicted octanol–water partition coefficient (Wildman–Crippen LogP) is 2.39. The van der Waals surface area contributed by atoms with Gasteiger partial charge < -0.3 is 9.80 Å². The molecule has 0 aliphatic carbocycles. The summed E-state index contributed by atoms with van der Waals surface area (Å²) in [7, 11) is 1.45. The SMILES string of the molecule is CCCCN1C=CN(C)C1C(F)(F)F. The van der Waals surface area contributed by atoms with Gasteiger partial charge in [-0.05, 0) is 6.42 Å². The van der Waals surface area contributed by atoms with Crippen LogP contribution >= 0.6 is 0 Å². The molecule has 0 aromatic heterocycles. The highest BCUT2D eigenvalue weighted by atomic mass is 19.4. The Balaban J connectivity index is 2.62. The van der Waals surface area contributed by atoms with E-state index in [1.54, 1.807) is 0 Å². The third kappa shape index (κ3) is 2.33. The van der Waals surface area contributed by atoms with Crippen molar-refractivity contribution in [2.75, 3.05) is 13.6 Å². The Morgan fingerprint density at radius 3 is 2.43 bits per heavy atom. The van der Waals surface area contributed by atoms with Crippen molar-refractivity contribution >= 4 is 0 Å². The summed E-state index contributed by atoms with van der Waals surface area (Å²) in [5.74, 6) is 0. The molecule has 1 heterocycles. The number of nitrogens with zero attached hydrogens (tertiary/aromatic N) is 2. The number of rotatable bonds is 3. The van der Waals surface area contributed by atoms with Crippen LogP contribution in [0.25, 0.3) is 0 Å². The molecule has 82 valence electrons. The molecule has 5 heteroatoms. The van der Waals surface area contributed by atoms with Crippen LogP contribution in [0.1, 0.15) is 19.8 Å². The van der Waals surface area contributed by atoms with Crippen molar-refractivity contribution in [2.45, 2.75) is 32.1 Å². The van der Waals surface area contributed by atoms with E-state index in [1.165, 1.54) is 29.2 Å². The second-order valence-electron chi connectivity index (χ2n) is 3.47. The molecule has 14 heavy (non-hydrogen) atoms. The molecule has 1 aliphatic rings. The van der Waals surface area contributed by atoms with E-state index in [0.29, 0.717) is 6.54 Å². The van der Waals surface area contributed by atoms with Crippen LogP contribution in [-0.4, -0.2) is 35.7 Å². The van der Waals surface area contributed by atoms with Crippen LogP contribution in [-0.2, 0) is 0 Å². The highest BCUT2D eigenvalue weighted by molar-refractivity contribution is 4.98. The smallest absolute Gasteiger partial charge is 0.352 e. The van der Waals surface area contributed by atoms with Crippen molar-refractivity contribution in [3.05, 3.63) is 12.4 Å². The van der Waals surface area contributed by atoms with Gasteiger partial charge in [0.25, 0.3) is 0 Å². The van der Waals surface area contributed by atoms with Crippen molar-refractivity contribution in [2.24, 2.45) is 0 Å². The molecule has 0 amide bonds. The van der Waals surface area contributed by atoms with Crippen LogP contribution in [0.2, 0.25) is 0 Å². The molecular formula is C9H15F3N2. The van der Waals surface area contributed by atoms with Gasteiger partial charge in [-0.15, -0.1) is 0 Å². The maximum absolute atomic E-state index is 12.6. The standard InChI is InChI=1S/C9H15F3N2/c1-3-4-5-14-7-6-13(2)8(14)9(10,11)12/h6-8H,3-5H2,1-2H3. The van der Waals surface area contributed by atoms with Crippen LogP contribution in [0.3, 0.4) is 0 Å². The van der Waals surface area contributed by atoms with Gasteiger partial charge in [-0.3, -0.25) is 0 Å². The highest BCUT2D eigenvalue weighted by Gasteiger charge is 2.46. The first-order valence-electron chi connectivity index (χ1n) is 4.69. The van der Waals surface area contributed by atoms with Crippen LogP contribution < -0.4 is 0 Å². The molecule has 0 N–H and O–H groups in total. The summed E-state index contributed by atoms with van der Waals surface area (Å²) >= 11 is 0. The van der Waals surface area contributed by atoms with E-state index in [0.717, 1.165) is 12.8 Å². The Morgan fingerprint density at radius 2 is 1.93 bits per heavy atom. The number of halogens is 3. The van der Waals surface area contributed by atoms with E-state index in [-0.39, 0.29) is 0 Å². The van der Waals surface area contributed by atoms with Crippen molar-refractivity contribution in [3.63, 3.8) is 0 Å². The summed E-state index contributed by atoms with van der Waals surface area (Å²) in [4.78, 5) is 2.53. The maximum atomic E-state index is 12.6. The van der Waals surface area contributed by atoms with E-state index < -0.39 is 12.3 Å². The van der Waals surface area contributed by atoms with E-state index in [2.05, 4.69) is 0 Å². The quantitative estimate of drug-likeness (QED) is 0.702. The lowest BCUT2D eigenvalue weighted by Crippen LogP contribution is -2.48. The zero-order chi connectivity index (χ0) is 10.8. The van der Waals surface area contributed by atoms with E-state index in [4.69, 9.17) is 0 Å². The van der Waals surface area contributed by atoms with Crippen molar-refractivity contribution in [1.82, 2.24) is 9.80 Å². The van der Waals surface area contributed by atoms with Gasteiger partial charge >= 0.3 is 6.18 Å². The Labute approximate surface area is 82.0 Å². The minimum Gasteiger partial charge on any atom is -0.352 e. The topological polar surface area (TPSA) is 6.48 Å². The molecular weight excluding hydrogens is 193 g/mol. The molecule has 0 radical (unpaired) electrons. The molecule has 1 unspecified atom stereocenters. The van der Waals surface area contributed by atoms with Crippen molar-refractivity contribution in [3.8, 4) is 0 Å². The largest absolute Gasteiger partial charge is 0.427 e. The van der Waals surface area contributed by atoms with Crippen molar-refractivity contribution < 1.29 is 13.2 Å². The Kier molecular flexibility index (Phi) is 3.29. The molecule has 0 spiro atoms. The minimum atomic E-state index is -4.19. The monoisotopic (exact) mass is 208 g/mol. The number of alkyl halides is 3. The molecule has 0 bridgehead atoms. The first-order chi connectivity index (χ1) is 6.46. The normalized spacial score (nSPS) is 22.2. The first-order valence-corrected chi connectivity index (χ1v) is 4.69. The molecule has 0 saturated carbocycles. The number of hydrogen-bond donors (Lipinski definition) is 0. The molecule has 0 aromatic carbocycles. The summed E-state index contributed by atoms with van der Waals surface area (Å²) in [6.45, 7) is 2.42. The molecule has 0 aromatic rings. The second kappa shape index (κ2) is 4.11. The third-order valence-electron chi connectivity index (χ3n) is 2.26. The molecule has 0 saturated heterocycles. The lowest BCUT2D eigenvalue weighted by molar-refractivity contribution is -0.201. The number of unbranched alkanes of at least 4 members (excludes halogenated alkanes) is 1. The average Bonchev–Trinajstić information content (AvgIpc) is 2.42. The Hall–Kier alpha value is -0.870. The summed E-state index contributed by atoms with van der Waals surface area (Å²) in [6.07, 6.45) is -1.01. The van der Waals surface area contributed by atoms with Crippen molar-refractivity contribution in [1.29, 1.82) is 0 Å². The lowest BCUT2D eigenvalue weighted by atomic mass is 10.3. The van der Waals surface area contributed by atoms with Crippen LogP contribution in [0.4, 0.5) is 13.2 Å². The fourth-order valence-electron chi connectivity index (χ4n) is 1.54. The fraction of sp³-hybridized carbons (Fsp3) is 0.778.